The van der Waals surface area contributed by atoms with Crippen LogP contribution in [0.25, 0.3) is 0 Å². The van der Waals surface area contributed by atoms with E-state index in [0.29, 0.717) is 6.42 Å². The molecule has 1 aromatic rings. The topological polar surface area (TPSA) is 74.7 Å². The molecule has 0 saturated carbocycles. The van der Waals surface area contributed by atoms with Crippen LogP contribution in [0.2, 0.25) is 0 Å². The predicted molar refractivity (Wildman–Crippen MR) is 55.7 cm³/mol. The number of anilines is 1. The van der Waals surface area contributed by atoms with Crippen LogP contribution >= 0.6 is 0 Å². The fraction of sp³-hybridized carbons (Fsp3) is 0.333. The lowest BCUT2D eigenvalue weighted by atomic mass is 10.2. The van der Waals surface area contributed by atoms with Gasteiger partial charge in [0.1, 0.15) is 11.7 Å². The van der Waals surface area contributed by atoms with Crippen LogP contribution in [0.5, 0.6) is 0 Å². The number of rotatable bonds is 3. The van der Waals surface area contributed by atoms with E-state index in [0.717, 1.165) is 11.5 Å². The van der Waals surface area contributed by atoms with Crippen LogP contribution in [-0.2, 0) is 6.42 Å². The summed E-state index contributed by atoms with van der Waals surface area (Å²) in [6.07, 6.45) is 0.359. The van der Waals surface area contributed by atoms with E-state index in [4.69, 9.17) is 10.9 Å². The van der Waals surface area contributed by atoms with E-state index in [1.54, 1.807) is 0 Å². The molecule has 1 rings (SSSR count). The highest BCUT2D eigenvalue weighted by atomic mass is 16.4. The number of hydrogen-bond donors (Lipinski definition) is 2. The fourth-order valence-electron chi connectivity index (χ4n) is 1.04. The van der Waals surface area contributed by atoms with Crippen molar-refractivity contribution in [1.82, 2.24) is 4.98 Å². The first-order valence-electron chi connectivity index (χ1n) is 4.23. The molecule has 76 valence electrons. The van der Waals surface area contributed by atoms with Crippen molar-refractivity contribution in [3.05, 3.63) is 23.9 Å². The number of pyridine rings is 1. The third kappa shape index (κ3) is 2.62. The molecule has 1 aromatic heterocycles. The Kier molecular flexibility index (Phi) is 3.28. The molecule has 0 bridgehead atoms. The van der Waals surface area contributed by atoms with Gasteiger partial charge in [-0.05, 0) is 12.1 Å². The van der Waals surface area contributed by atoms with Crippen LogP contribution in [0, 0.1) is 0 Å². The summed E-state index contributed by atoms with van der Waals surface area (Å²) in [5, 5.41) is 11.3. The lowest BCUT2D eigenvalue weighted by Crippen LogP contribution is -2.17. The van der Waals surface area contributed by atoms with Crippen molar-refractivity contribution in [2.75, 3.05) is 19.0 Å². The second kappa shape index (κ2) is 4.45. The summed E-state index contributed by atoms with van der Waals surface area (Å²) in [7, 11) is 3.82. The van der Waals surface area contributed by atoms with Gasteiger partial charge in [-0.3, -0.25) is 0 Å². The SMILES string of the molecule is CN(C)c1cccc(C/C(N)=N/O)n1. The molecule has 0 aliphatic rings. The van der Waals surface area contributed by atoms with E-state index in [9.17, 15) is 0 Å². The van der Waals surface area contributed by atoms with Crippen molar-refractivity contribution in [3.8, 4) is 0 Å². The first-order chi connectivity index (χ1) is 6.63. The fourth-order valence-corrected chi connectivity index (χ4v) is 1.04. The smallest absolute Gasteiger partial charge is 0.145 e. The summed E-state index contributed by atoms with van der Waals surface area (Å²) < 4.78 is 0. The van der Waals surface area contributed by atoms with Gasteiger partial charge in [0.2, 0.25) is 0 Å². The molecule has 0 unspecified atom stereocenters. The average Bonchev–Trinajstić information content (AvgIpc) is 2.18. The van der Waals surface area contributed by atoms with Crippen LogP contribution < -0.4 is 10.6 Å². The second-order valence-electron chi connectivity index (χ2n) is 3.15. The quantitative estimate of drug-likeness (QED) is 0.317. The lowest BCUT2D eigenvalue weighted by Gasteiger charge is -2.11. The van der Waals surface area contributed by atoms with Gasteiger partial charge >= 0.3 is 0 Å². The van der Waals surface area contributed by atoms with E-state index >= 15 is 0 Å². The molecule has 14 heavy (non-hydrogen) atoms. The minimum absolute atomic E-state index is 0.161. The highest BCUT2D eigenvalue weighted by Gasteiger charge is 2.01. The molecular formula is C9H14N4O. The third-order valence-electron chi connectivity index (χ3n) is 1.74. The number of hydrogen-bond acceptors (Lipinski definition) is 4. The maximum absolute atomic E-state index is 8.40. The third-order valence-corrected chi connectivity index (χ3v) is 1.74. The largest absolute Gasteiger partial charge is 0.409 e. The van der Waals surface area contributed by atoms with E-state index in [1.807, 2.05) is 37.2 Å². The molecule has 0 saturated heterocycles. The second-order valence-corrected chi connectivity index (χ2v) is 3.15. The molecule has 0 aliphatic carbocycles. The van der Waals surface area contributed by atoms with Crippen molar-refractivity contribution in [2.24, 2.45) is 10.9 Å². The molecule has 1 heterocycles. The molecule has 0 aliphatic heterocycles. The Morgan fingerprint density at radius 2 is 2.29 bits per heavy atom. The van der Waals surface area contributed by atoms with Crippen LogP contribution in [0.4, 0.5) is 5.82 Å². The first-order valence-corrected chi connectivity index (χ1v) is 4.23. The molecule has 0 fully saturated rings. The number of amidine groups is 1. The minimum atomic E-state index is 0.161. The molecule has 3 N–H and O–H groups in total. The lowest BCUT2D eigenvalue weighted by molar-refractivity contribution is 0.317. The van der Waals surface area contributed by atoms with Crippen molar-refractivity contribution in [3.63, 3.8) is 0 Å². The standard InChI is InChI=1S/C9H14N4O/c1-13(2)9-5-3-4-7(11-9)6-8(10)12-14/h3-5,14H,6H2,1-2H3,(H2,10,12). The number of oxime groups is 1. The van der Waals surface area contributed by atoms with Gasteiger partial charge in [-0.15, -0.1) is 0 Å². The van der Waals surface area contributed by atoms with Crippen molar-refractivity contribution in [2.45, 2.75) is 6.42 Å². The zero-order valence-corrected chi connectivity index (χ0v) is 8.31. The van der Waals surface area contributed by atoms with Gasteiger partial charge in [0.05, 0.1) is 12.1 Å². The van der Waals surface area contributed by atoms with E-state index in [-0.39, 0.29) is 5.84 Å². The number of nitrogens with zero attached hydrogens (tertiary/aromatic N) is 3. The van der Waals surface area contributed by atoms with Crippen LogP contribution in [0.1, 0.15) is 5.69 Å². The summed E-state index contributed by atoms with van der Waals surface area (Å²) >= 11 is 0. The molecular weight excluding hydrogens is 180 g/mol. The van der Waals surface area contributed by atoms with E-state index in [1.165, 1.54) is 0 Å². The van der Waals surface area contributed by atoms with Crippen molar-refractivity contribution in [1.29, 1.82) is 0 Å². The average molecular weight is 194 g/mol. The van der Waals surface area contributed by atoms with Gasteiger partial charge in [0.15, 0.2) is 0 Å². The van der Waals surface area contributed by atoms with Crippen LogP contribution in [0.3, 0.4) is 0 Å². The Balaban J connectivity index is 2.84. The zero-order valence-electron chi connectivity index (χ0n) is 8.31. The van der Waals surface area contributed by atoms with Gasteiger partial charge in [-0.1, -0.05) is 11.2 Å². The van der Waals surface area contributed by atoms with Gasteiger partial charge in [-0.2, -0.15) is 0 Å². The number of aromatic nitrogens is 1. The monoisotopic (exact) mass is 194 g/mol. The van der Waals surface area contributed by atoms with Crippen molar-refractivity contribution < 1.29 is 5.21 Å². The highest BCUT2D eigenvalue weighted by Crippen LogP contribution is 2.07. The maximum atomic E-state index is 8.40. The first kappa shape index (κ1) is 10.3. The molecule has 0 atom stereocenters. The zero-order chi connectivity index (χ0) is 10.6. The summed E-state index contributed by atoms with van der Waals surface area (Å²) in [6.45, 7) is 0. The molecule has 5 heteroatoms. The normalized spacial score (nSPS) is 11.4. The molecule has 0 radical (unpaired) electrons. The summed E-state index contributed by atoms with van der Waals surface area (Å²) in [4.78, 5) is 6.21. The van der Waals surface area contributed by atoms with Gasteiger partial charge < -0.3 is 15.8 Å². The Hall–Kier alpha value is -1.78. The molecule has 0 amide bonds. The Labute approximate surface area is 82.9 Å². The molecule has 5 nitrogen and oxygen atoms in total. The van der Waals surface area contributed by atoms with Gasteiger partial charge in [0, 0.05) is 14.1 Å². The Morgan fingerprint density at radius 3 is 2.86 bits per heavy atom. The summed E-state index contributed by atoms with van der Waals surface area (Å²) in [6, 6.07) is 5.63. The van der Waals surface area contributed by atoms with E-state index < -0.39 is 0 Å². The number of nitrogens with two attached hydrogens (primary N) is 1. The maximum Gasteiger partial charge on any atom is 0.145 e. The van der Waals surface area contributed by atoms with E-state index in [2.05, 4.69) is 10.1 Å². The summed E-state index contributed by atoms with van der Waals surface area (Å²) in [5.41, 5.74) is 6.16. The Morgan fingerprint density at radius 1 is 1.57 bits per heavy atom. The summed E-state index contributed by atoms with van der Waals surface area (Å²) in [5.74, 6) is 1.02. The van der Waals surface area contributed by atoms with Crippen molar-refractivity contribution >= 4 is 11.7 Å². The molecule has 0 spiro atoms. The van der Waals surface area contributed by atoms with Crippen LogP contribution in [-0.4, -0.2) is 30.1 Å². The van der Waals surface area contributed by atoms with Gasteiger partial charge in [-0.25, -0.2) is 4.98 Å². The molecule has 0 aromatic carbocycles. The Bertz CT molecular complexity index is 335. The predicted octanol–water partition coefficient (Wildman–Crippen LogP) is 0.437. The highest BCUT2D eigenvalue weighted by molar-refractivity contribution is 5.81. The van der Waals surface area contributed by atoms with Crippen LogP contribution in [0.15, 0.2) is 23.4 Å². The van der Waals surface area contributed by atoms with Gasteiger partial charge in [0.25, 0.3) is 0 Å². The minimum Gasteiger partial charge on any atom is -0.409 e.